The molecule has 0 saturated heterocycles. The Morgan fingerprint density at radius 1 is 1.16 bits per heavy atom. The highest BCUT2D eigenvalue weighted by molar-refractivity contribution is 7.19. The number of fused-ring (bicyclic) bond motifs is 1. The molecular formula is C18H16ClNO3S2. The van der Waals surface area contributed by atoms with Crippen LogP contribution in [0, 0.1) is 0 Å². The van der Waals surface area contributed by atoms with E-state index in [2.05, 4.69) is 5.32 Å². The van der Waals surface area contributed by atoms with E-state index in [1.807, 2.05) is 35.7 Å². The Morgan fingerprint density at radius 3 is 2.76 bits per heavy atom. The number of rotatable bonds is 7. The van der Waals surface area contributed by atoms with Gasteiger partial charge in [-0.2, -0.15) is 0 Å². The molecule has 25 heavy (non-hydrogen) atoms. The molecule has 0 unspecified atom stereocenters. The minimum Gasteiger partial charge on any atom is -0.460 e. The van der Waals surface area contributed by atoms with Gasteiger partial charge < -0.3 is 10.1 Å². The Balaban J connectivity index is 1.40. The smallest absolute Gasteiger partial charge is 0.306 e. The molecule has 0 aliphatic heterocycles. The number of esters is 1. The molecule has 0 bridgehead atoms. The quantitative estimate of drug-likeness (QED) is 0.460. The van der Waals surface area contributed by atoms with Gasteiger partial charge in [0.05, 0.1) is 14.8 Å². The van der Waals surface area contributed by atoms with E-state index in [0.717, 1.165) is 15.0 Å². The highest BCUT2D eigenvalue weighted by Gasteiger charge is 2.12. The Labute approximate surface area is 158 Å². The van der Waals surface area contributed by atoms with Gasteiger partial charge in [-0.25, -0.2) is 0 Å². The van der Waals surface area contributed by atoms with E-state index in [1.54, 1.807) is 6.07 Å². The number of ether oxygens (including phenoxy) is 1. The fourth-order valence-electron chi connectivity index (χ4n) is 2.31. The van der Waals surface area contributed by atoms with Gasteiger partial charge in [-0.05, 0) is 23.9 Å². The molecule has 4 nitrogen and oxygen atoms in total. The number of carbonyl (C=O) groups excluding carboxylic acids is 2. The summed E-state index contributed by atoms with van der Waals surface area (Å²) < 4.78 is 6.37. The highest BCUT2D eigenvalue weighted by Crippen LogP contribution is 2.35. The molecule has 0 radical (unpaired) electrons. The summed E-state index contributed by atoms with van der Waals surface area (Å²) in [5.41, 5.74) is 0. The maximum atomic E-state index is 11.8. The number of thiophene rings is 2. The van der Waals surface area contributed by atoms with Crippen molar-refractivity contribution in [3.05, 3.63) is 56.6 Å². The van der Waals surface area contributed by atoms with Gasteiger partial charge >= 0.3 is 5.97 Å². The summed E-state index contributed by atoms with van der Waals surface area (Å²) in [6.07, 6.45) is 0.795. The molecule has 1 aromatic carbocycles. The van der Waals surface area contributed by atoms with E-state index in [1.165, 1.54) is 22.7 Å². The molecule has 3 rings (SSSR count). The summed E-state index contributed by atoms with van der Waals surface area (Å²) in [6, 6.07) is 11.4. The van der Waals surface area contributed by atoms with E-state index >= 15 is 0 Å². The van der Waals surface area contributed by atoms with Gasteiger partial charge in [0, 0.05) is 23.1 Å². The molecule has 3 aromatic rings. The first kappa shape index (κ1) is 17.9. The van der Waals surface area contributed by atoms with Gasteiger partial charge in [-0.1, -0.05) is 35.9 Å². The van der Waals surface area contributed by atoms with Crippen LogP contribution in [0.3, 0.4) is 0 Å². The number of carbonyl (C=O) groups is 2. The fraction of sp³-hybridized carbons (Fsp3) is 0.222. The number of hydrogen-bond donors (Lipinski definition) is 1. The Bertz CT molecular complexity index is 874. The summed E-state index contributed by atoms with van der Waals surface area (Å²) in [5, 5.41) is 6.27. The van der Waals surface area contributed by atoms with Crippen molar-refractivity contribution in [2.24, 2.45) is 0 Å². The number of nitrogens with one attached hydrogen (secondary N) is 1. The Hall–Kier alpha value is -1.89. The van der Waals surface area contributed by atoms with Crippen LogP contribution in [0.25, 0.3) is 10.1 Å². The van der Waals surface area contributed by atoms with Gasteiger partial charge in [-0.15, -0.1) is 22.7 Å². The molecule has 0 saturated carbocycles. The largest absolute Gasteiger partial charge is 0.460 e. The zero-order valence-corrected chi connectivity index (χ0v) is 15.7. The van der Waals surface area contributed by atoms with Crippen molar-refractivity contribution in [3.63, 3.8) is 0 Å². The van der Waals surface area contributed by atoms with Crippen molar-refractivity contribution in [1.82, 2.24) is 5.32 Å². The average Bonchev–Trinajstić information content (AvgIpc) is 3.26. The summed E-state index contributed by atoms with van der Waals surface area (Å²) in [6.45, 7) is 0.619. The minimum absolute atomic E-state index is 0.111. The van der Waals surface area contributed by atoms with Gasteiger partial charge in [0.1, 0.15) is 6.61 Å². The van der Waals surface area contributed by atoms with Crippen molar-refractivity contribution >= 4 is 56.2 Å². The zero-order valence-electron chi connectivity index (χ0n) is 13.3. The van der Waals surface area contributed by atoms with Crippen LogP contribution in [0.15, 0.2) is 41.8 Å². The molecule has 0 fully saturated rings. The number of amides is 1. The van der Waals surface area contributed by atoms with Crippen molar-refractivity contribution < 1.29 is 14.3 Å². The topological polar surface area (TPSA) is 55.4 Å². The number of hydrogen-bond acceptors (Lipinski definition) is 5. The first-order valence-electron chi connectivity index (χ1n) is 7.78. The Kier molecular flexibility index (Phi) is 6.07. The van der Waals surface area contributed by atoms with Crippen LogP contribution in [0.2, 0.25) is 5.02 Å². The third-order valence-electron chi connectivity index (χ3n) is 3.55. The summed E-state index contributed by atoms with van der Waals surface area (Å²) in [7, 11) is 0. The van der Waals surface area contributed by atoms with Crippen molar-refractivity contribution in [2.45, 2.75) is 19.4 Å². The summed E-state index contributed by atoms with van der Waals surface area (Å²) in [4.78, 5) is 25.1. The molecule has 0 spiro atoms. The number of halogens is 1. The molecule has 7 heteroatoms. The lowest BCUT2D eigenvalue weighted by atomic mass is 10.2. The molecule has 0 atom stereocenters. The lowest BCUT2D eigenvalue weighted by molar-refractivity contribution is -0.144. The van der Waals surface area contributed by atoms with E-state index in [0.29, 0.717) is 22.9 Å². The molecule has 2 aromatic heterocycles. The lowest BCUT2D eigenvalue weighted by Gasteiger charge is -2.05. The number of benzene rings is 1. The molecule has 130 valence electrons. The van der Waals surface area contributed by atoms with Crippen LogP contribution in [0.5, 0.6) is 0 Å². The second-order valence-electron chi connectivity index (χ2n) is 5.33. The molecule has 2 heterocycles. The van der Waals surface area contributed by atoms with Gasteiger partial charge in [-0.3, -0.25) is 9.59 Å². The summed E-state index contributed by atoms with van der Waals surface area (Å²) in [5.74, 6) is -0.403. The first-order chi connectivity index (χ1) is 12.1. The predicted molar refractivity (Wildman–Crippen MR) is 103 cm³/mol. The van der Waals surface area contributed by atoms with Crippen LogP contribution >= 0.6 is 34.3 Å². The van der Waals surface area contributed by atoms with E-state index in [9.17, 15) is 9.59 Å². The third kappa shape index (κ3) is 4.60. The molecule has 1 amide bonds. The third-order valence-corrected chi connectivity index (χ3v) is 6.11. The second kappa shape index (κ2) is 8.47. The second-order valence-corrected chi connectivity index (χ2v) is 7.80. The lowest BCUT2D eigenvalue weighted by Crippen LogP contribution is -2.24. The van der Waals surface area contributed by atoms with Crippen LogP contribution in [0.1, 0.15) is 27.4 Å². The van der Waals surface area contributed by atoms with E-state index in [4.69, 9.17) is 16.3 Å². The predicted octanol–water partition coefficient (Wildman–Crippen LogP) is 4.87. The Morgan fingerprint density at radius 2 is 2.00 bits per heavy atom. The van der Waals surface area contributed by atoms with Crippen molar-refractivity contribution in [1.29, 1.82) is 0 Å². The minimum atomic E-state index is -0.293. The SMILES string of the molecule is O=C(CCCNC(=O)c1cccs1)OCc1sc2ccccc2c1Cl. The molecular weight excluding hydrogens is 378 g/mol. The monoisotopic (exact) mass is 393 g/mol. The van der Waals surface area contributed by atoms with Gasteiger partial charge in [0.25, 0.3) is 5.91 Å². The molecule has 1 N–H and O–H groups in total. The highest BCUT2D eigenvalue weighted by atomic mass is 35.5. The molecule has 0 aliphatic carbocycles. The maximum Gasteiger partial charge on any atom is 0.306 e. The van der Waals surface area contributed by atoms with Crippen molar-refractivity contribution in [3.8, 4) is 0 Å². The zero-order chi connectivity index (χ0) is 17.6. The van der Waals surface area contributed by atoms with Crippen LogP contribution in [0.4, 0.5) is 0 Å². The fourth-order valence-corrected chi connectivity index (χ4v) is 4.35. The maximum absolute atomic E-state index is 11.8. The van der Waals surface area contributed by atoms with Crippen LogP contribution in [-0.2, 0) is 16.1 Å². The van der Waals surface area contributed by atoms with Gasteiger partial charge in [0.15, 0.2) is 0 Å². The van der Waals surface area contributed by atoms with Gasteiger partial charge in [0.2, 0.25) is 0 Å². The normalized spacial score (nSPS) is 10.8. The first-order valence-corrected chi connectivity index (χ1v) is 9.86. The van der Waals surface area contributed by atoms with E-state index in [-0.39, 0.29) is 24.9 Å². The van der Waals surface area contributed by atoms with E-state index < -0.39 is 0 Å². The van der Waals surface area contributed by atoms with Crippen LogP contribution in [-0.4, -0.2) is 18.4 Å². The molecule has 0 aliphatic rings. The standard InChI is InChI=1S/C18H16ClNO3S2/c19-17-12-5-1-2-6-13(12)25-15(17)11-23-16(21)8-3-9-20-18(22)14-7-4-10-24-14/h1-2,4-7,10H,3,8-9,11H2,(H,20,22). The average molecular weight is 394 g/mol. The van der Waals surface area contributed by atoms with Crippen molar-refractivity contribution in [2.75, 3.05) is 6.54 Å². The summed E-state index contributed by atoms with van der Waals surface area (Å²) >= 11 is 9.24. The van der Waals surface area contributed by atoms with Crippen LogP contribution < -0.4 is 5.32 Å².